The summed E-state index contributed by atoms with van der Waals surface area (Å²) in [5.74, 6) is 1.14. The summed E-state index contributed by atoms with van der Waals surface area (Å²) < 4.78 is 1.89. The van der Waals surface area contributed by atoms with Crippen molar-refractivity contribution < 1.29 is 4.79 Å². The number of allylic oxidation sites excluding steroid dienone is 2. The molecule has 0 unspecified atom stereocenters. The Bertz CT molecular complexity index is 491. The average molecular weight is 236 g/mol. The van der Waals surface area contributed by atoms with E-state index in [1.54, 1.807) is 0 Å². The van der Waals surface area contributed by atoms with Crippen LogP contribution < -0.4 is 5.43 Å². The Morgan fingerprint density at radius 2 is 2.31 bits per heavy atom. The third kappa shape index (κ3) is 1.36. The van der Waals surface area contributed by atoms with Crippen LogP contribution in [0.4, 0.5) is 0 Å². The topological polar surface area (TPSA) is 59.8 Å². The molecule has 84 valence electrons. The quantitative estimate of drug-likeness (QED) is 0.799. The molecule has 0 radical (unpaired) electrons. The van der Waals surface area contributed by atoms with Gasteiger partial charge in [0.2, 0.25) is 5.16 Å². The molecule has 16 heavy (non-hydrogen) atoms. The Balaban J connectivity index is 2.01. The normalized spacial score (nSPS) is 19.2. The molecule has 1 aromatic rings. The third-order valence-corrected chi connectivity index (χ3v) is 3.94. The van der Waals surface area contributed by atoms with Gasteiger partial charge >= 0.3 is 0 Å². The van der Waals surface area contributed by atoms with Crippen molar-refractivity contribution in [2.24, 2.45) is 0 Å². The van der Waals surface area contributed by atoms with Crippen LogP contribution in [-0.4, -0.2) is 20.7 Å². The Labute approximate surface area is 97.3 Å². The number of hydrogen-bond donors (Lipinski definition) is 1. The van der Waals surface area contributed by atoms with Crippen LogP contribution in [-0.2, 0) is 11.2 Å². The van der Waals surface area contributed by atoms with Crippen molar-refractivity contribution in [3.63, 3.8) is 0 Å². The Morgan fingerprint density at radius 1 is 1.44 bits per heavy atom. The van der Waals surface area contributed by atoms with E-state index >= 15 is 0 Å². The van der Waals surface area contributed by atoms with Crippen LogP contribution in [0.15, 0.2) is 15.8 Å². The molecule has 0 atom stereocenters. The lowest BCUT2D eigenvalue weighted by atomic mass is 10.0. The van der Waals surface area contributed by atoms with E-state index in [1.165, 1.54) is 11.8 Å². The fraction of sp³-hybridized carbons (Fsp3) is 0.500. The molecule has 0 bridgehead atoms. The van der Waals surface area contributed by atoms with Gasteiger partial charge < -0.3 is 0 Å². The van der Waals surface area contributed by atoms with Gasteiger partial charge in [-0.25, -0.2) is 4.68 Å². The molecule has 3 rings (SSSR count). The largest absolute Gasteiger partial charge is 0.294 e. The van der Waals surface area contributed by atoms with Crippen molar-refractivity contribution in [1.29, 1.82) is 0 Å². The maximum absolute atomic E-state index is 11.7. The molecule has 1 N–H and O–H groups in total. The van der Waals surface area contributed by atoms with Gasteiger partial charge in [-0.05, 0) is 24.6 Å². The van der Waals surface area contributed by atoms with Crippen LogP contribution >= 0.6 is 11.8 Å². The number of aromatic nitrogens is 3. The van der Waals surface area contributed by atoms with E-state index < -0.39 is 0 Å². The smallest absolute Gasteiger partial charge is 0.215 e. The molecule has 1 aliphatic carbocycles. The van der Waals surface area contributed by atoms with E-state index in [1.807, 2.05) is 11.6 Å². The van der Waals surface area contributed by atoms with Gasteiger partial charge in [-0.2, -0.15) is 0 Å². The molecule has 0 amide bonds. The number of carbonyl (C=O) groups is 1. The fourth-order valence-corrected chi connectivity index (χ4v) is 2.97. The maximum atomic E-state index is 11.7. The first-order chi connectivity index (χ1) is 7.79. The minimum Gasteiger partial charge on any atom is -0.294 e. The van der Waals surface area contributed by atoms with Gasteiger partial charge in [-0.15, -0.1) is 10.2 Å². The zero-order valence-electron chi connectivity index (χ0n) is 8.99. The number of thioether (sulfide) groups is 1. The summed E-state index contributed by atoms with van der Waals surface area (Å²) >= 11 is 1.44. The van der Waals surface area contributed by atoms with Gasteiger partial charge in [0.1, 0.15) is 0 Å². The van der Waals surface area contributed by atoms with Gasteiger partial charge in [0.15, 0.2) is 11.6 Å². The van der Waals surface area contributed by atoms with Crippen LogP contribution in [0.1, 0.15) is 32.0 Å². The molecule has 6 heteroatoms. The highest BCUT2D eigenvalue weighted by Gasteiger charge is 2.28. The summed E-state index contributed by atoms with van der Waals surface area (Å²) in [6.45, 7) is 2.04. The van der Waals surface area contributed by atoms with E-state index in [9.17, 15) is 4.79 Å². The number of fused-ring (bicyclic) bond motifs is 1. The summed E-state index contributed by atoms with van der Waals surface area (Å²) in [4.78, 5) is 12.6. The highest BCUT2D eigenvalue weighted by molar-refractivity contribution is 8.04. The number of nitrogens with one attached hydrogen (secondary N) is 1. The molecule has 0 saturated heterocycles. The molecule has 0 saturated carbocycles. The van der Waals surface area contributed by atoms with Crippen LogP contribution in [0.25, 0.3) is 0 Å². The minimum absolute atomic E-state index is 0.228. The number of nitrogens with zero attached hydrogens (tertiary/aromatic N) is 3. The van der Waals surface area contributed by atoms with Gasteiger partial charge in [0.25, 0.3) is 0 Å². The molecule has 0 aromatic carbocycles. The van der Waals surface area contributed by atoms with Crippen LogP contribution in [0.2, 0.25) is 0 Å². The molecule has 1 aliphatic heterocycles. The fourth-order valence-electron chi connectivity index (χ4n) is 1.98. The standard InChI is InChI=1S/C10H12N4OS/c1-2-8-11-12-10-14(8)13-6-4-3-5-7(15)9(6)16-10/h13H,2-5H2,1H3. The lowest BCUT2D eigenvalue weighted by Crippen LogP contribution is -2.26. The van der Waals surface area contributed by atoms with E-state index in [0.717, 1.165) is 40.8 Å². The lowest BCUT2D eigenvalue weighted by Gasteiger charge is -2.25. The average Bonchev–Trinajstić information content (AvgIpc) is 2.69. The van der Waals surface area contributed by atoms with Crippen LogP contribution in [0.3, 0.4) is 0 Å². The second-order valence-corrected chi connectivity index (χ2v) is 4.86. The number of aryl methyl sites for hydroxylation is 1. The van der Waals surface area contributed by atoms with E-state index in [4.69, 9.17) is 0 Å². The van der Waals surface area contributed by atoms with Crippen molar-refractivity contribution in [2.75, 3.05) is 5.43 Å². The van der Waals surface area contributed by atoms with Crippen molar-refractivity contribution >= 4 is 17.5 Å². The molecule has 5 nitrogen and oxygen atoms in total. The predicted molar refractivity (Wildman–Crippen MR) is 60.5 cm³/mol. The van der Waals surface area contributed by atoms with E-state index in [0.29, 0.717) is 6.42 Å². The molecule has 0 fully saturated rings. The maximum Gasteiger partial charge on any atom is 0.215 e. The van der Waals surface area contributed by atoms with Crippen molar-refractivity contribution in [3.05, 3.63) is 16.4 Å². The third-order valence-electron chi connectivity index (χ3n) is 2.81. The zero-order valence-corrected chi connectivity index (χ0v) is 9.80. The second-order valence-electron chi connectivity index (χ2n) is 3.89. The molecule has 2 heterocycles. The summed E-state index contributed by atoms with van der Waals surface area (Å²) in [6.07, 6.45) is 3.36. The first-order valence-electron chi connectivity index (χ1n) is 5.45. The number of carbonyl (C=O) groups excluding carboxylic acids is 1. The van der Waals surface area contributed by atoms with Gasteiger partial charge in [-0.1, -0.05) is 6.92 Å². The summed E-state index contributed by atoms with van der Waals surface area (Å²) in [5.41, 5.74) is 4.29. The number of Topliss-reactive ketones (excluding diaryl/α,β-unsaturated/α-hetero) is 1. The first kappa shape index (κ1) is 9.89. The van der Waals surface area contributed by atoms with Gasteiger partial charge in [-0.3, -0.25) is 10.2 Å². The monoisotopic (exact) mass is 236 g/mol. The number of hydrogen-bond acceptors (Lipinski definition) is 5. The van der Waals surface area contributed by atoms with Gasteiger partial charge in [0, 0.05) is 18.5 Å². The summed E-state index contributed by atoms with van der Waals surface area (Å²) in [5, 5.41) is 8.94. The van der Waals surface area contributed by atoms with Gasteiger partial charge in [0.05, 0.1) is 4.91 Å². The number of rotatable bonds is 1. The summed E-state index contributed by atoms with van der Waals surface area (Å²) in [6, 6.07) is 0. The molecular weight excluding hydrogens is 224 g/mol. The van der Waals surface area contributed by atoms with Crippen LogP contribution in [0, 0.1) is 0 Å². The van der Waals surface area contributed by atoms with Crippen LogP contribution in [0.5, 0.6) is 0 Å². The SMILES string of the molecule is CCc1nnc2n1NC1=C(S2)C(=O)CCC1. The van der Waals surface area contributed by atoms with Crippen molar-refractivity contribution in [2.45, 2.75) is 37.8 Å². The summed E-state index contributed by atoms with van der Waals surface area (Å²) in [7, 11) is 0. The highest BCUT2D eigenvalue weighted by atomic mass is 32.2. The number of ketones is 1. The second kappa shape index (κ2) is 3.62. The Kier molecular flexibility index (Phi) is 2.24. The van der Waals surface area contributed by atoms with Crippen molar-refractivity contribution in [1.82, 2.24) is 14.9 Å². The molecule has 1 aromatic heterocycles. The zero-order chi connectivity index (χ0) is 11.1. The van der Waals surface area contributed by atoms with E-state index in [-0.39, 0.29) is 5.78 Å². The minimum atomic E-state index is 0.228. The molecular formula is C10H12N4OS. The van der Waals surface area contributed by atoms with E-state index in [2.05, 4.69) is 15.6 Å². The molecule has 2 aliphatic rings. The highest BCUT2D eigenvalue weighted by Crippen LogP contribution is 2.37. The molecule has 0 spiro atoms. The lowest BCUT2D eigenvalue weighted by molar-refractivity contribution is -0.115. The predicted octanol–water partition coefficient (Wildman–Crippen LogP) is 1.45. The first-order valence-corrected chi connectivity index (χ1v) is 6.26. The van der Waals surface area contributed by atoms with Crippen molar-refractivity contribution in [3.8, 4) is 0 Å². The Hall–Kier alpha value is -1.30. The Morgan fingerprint density at radius 3 is 3.12 bits per heavy atom.